The molecular weight excluding hydrogens is 262 g/mol. The van der Waals surface area contributed by atoms with Crippen LogP contribution in [0.4, 0.5) is 0 Å². The number of nitrogens with zero attached hydrogens (tertiary/aromatic N) is 4. The van der Waals surface area contributed by atoms with E-state index in [4.69, 9.17) is 4.98 Å². The highest BCUT2D eigenvalue weighted by molar-refractivity contribution is 5.39. The van der Waals surface area contributed by atoms with Crippen molar-refractivity contribution in [1.82, 2.24) is 25.1 Å². The van der Waals surface area contributed by atoms with Gasteiger partial charge in [0.2, 0.25) is 0 Å². The van der Waals surface area contributed by atoms with Gasteiger partial charge < -0.3 is 5.32 Å². The number of aromatic nitrogens is 4. The topological polar surface area (TPSA) is 55.6 Å². The second kappa shape index (κ2) is 6.35. The molecule has 0 saturated heterocycles. The van der Waals surface area contributed by atoms with Crippen molar-refractivity contribution < 1.29 is 0 Å². The molecule has 2 heterocycles. The third kappa shape index (κ3) is 2.97. The fourth-order valence-electron chi connectivity index (χ4n) is 2.60. The van der Waals surface area contributed by atoms with Crippen LogP contribution in [0.3, 0.4) is 0 Å². The molecule has 0 aliphatic carbocycles. The number of hydrogen-bond acceptors (Lipinski definition) is 4. The summed E-state index contributed by atoms with van der Waals surface area (Å²) in [5.74, 6) is 1.20. The molecule has 0 fully saturated rings. The first-order chi connectivity index (χ1) is 9.99. The first kappa shape index (κ1) is 15.6. The van der Waals surface area contributed by atoms with E-state index >= 15 is 0 Å². The SMILES string of the molecule is CCc1c(C)nn(-c2cnc(C(C)C)nc2CNC)c1C. The molecule has 0 aliphatic rings. The average molecular weight is 287 g/mol. The van der Waals surface area contributed by atoms with Crippen molar-refractivity contribution in [3.63, 3.8) is 0 Å². The van der Waals surface area contributed by atoms with Crippen LogP contribution in [0.2, 0.25) is 0 Å². The Morgan fingerprint density at radius 2 is 2.00 bits per heavy atom. The second-order valence-corrected chi connectivity index (χ2v) is 5.66. The van der Waals surface area contributed by atoms with E-state index in [0.29, 0.717) is 12.5 Å². The molecule has 21 heavy (non-hydrogen) atoms. The van der Waals surface area contributed by atoms with Gasteiger partial charge in [-0.1, -0.05) is 20.8 Å². The van der Waals surface area contributed by atoms with E-state index < -0.39 is 0 Å². The number of rotatable bonds is 5. The Hall–Kier alpha value is -1.75. The molecule has 0 aliphatic heterocycles. The van der Waals surface area contributed by atoms with Gasteiger partial charge in [0.1, 0.15) is 11.5 Å². The van der Waals surface area contributed by atoms with E-state index in [-0.39, 0.29) is 0 Å². The first-order valence-corrected chi connectivity index (χ1v) is 7.55. The van der Waals surface area contributed by atoms with Gasteiger partial charge in [0, 0.05) is 18.2 Å². The molecule has 5 nitrogen and oxygen atoms in total. The van der Waals surface area contributed by atoms with E-state index in [1.807, 2.05) is 17.9 Å². The minimum Gasteiger partial charge on any atom is -0.314 e. The largest absolute Gasteiger partial charge is 0.314 e. The zero-order chi connectivity index (χ0) is 15.6. The van der Waals surface area contributed by atoms with Crippen molar-refractivity contribution in [2.24, 2.45) is 0 Å². The Kier molecular flexibility index (Phi) is 4.73. The zero-order valence-electron chi connectivity index (χ0n) is 13.9. The van der Waals surface area contributed by atoms with E-state index in [2.05, 4.69) is 50.0 Å². The van der Waals surface area contributed by atoms with Crippen LogP contribution in [0.15, 0.2) is 6.20 Å². The maximum atomic E-state index is 4.71. The molecule has 5 heteroatoms. The van der Waals surface area contributed by atoms with Gasteiger partial charge in [0.05, 0.1) is 17.6 Å². The smallest absolute Gasteiger partial charge is 0.131 e. The van der Waals surface area contributed by atoms with Crippen molar-refractivity contribution >= 4 is 0 Å². The van der Waals surface area contributed by atoms with Crippen LogP contribution in [0.5, 0.6) is 0 Å². The molecule has 0 spiro atoms. The first-order valence-electron chi connectivity index (χ1n) is 7.55. The third-order valence-electron chi connectivity index (χ3n) is 3.75. The zero-order valence-corrected chi connectivity index (χ0v) is 13.9. The van der Waals surface area contributed by atoms with Crippen LogP contribution in [-0.4, -0.2) is 26.8 Å². The molecule has 2 rings (SSSR count). The van der Waals surface area contributed by atoms with Crippen LogP contribution in [0, 0.1) is 13.8 Å². The maximum Gasteiger partial charge on any atom is 0.131 e. The second-order valence-electron chi connectivity index (χ2n) is 5.66. The van der Waals surface area contributed by atoms with E-state index in [0.717, 1.165) is 29.3 Å². The van der Waals surface area contributed by atoms with Gasteiger partial charge in [-0.05, 0) is 32.9 Å². The molecule has 0 radical (unpaired) electrons. The van der Waals surface area contributed by atoms with Gasteiger partial charge in [-0.15, -0.1) is 0 Å². The highest BCUT2D eigenvalue weighted by atomic mass is 15.3. The Labute approximate surface area is 126 Å². The van der Waals surface area contributed by atoms with Crippen molar-refractivity contribution in [1.29, 1.82) is 0 Å². The fraction of sp³-hybridized carbons (Fsp3) is 0.562. The van der Waals surface area contributed by atoms with Gasteiger partial charge >= 0.3 is 0 Å². The molecule has 2 aromatic heterocycles. The summed E-state index contributed by atoms with van der Waals surface area (Å²) in [6.07, 6.45) is 2.89. The minimum atomic E-state index is 0.321. The van der Waals surface area contributed by atoms with Gasteiger partial charge in [0.15, 0.2) is 0 Å². The molecule has 114 valence electrons. The molecular formula is C16H25N5. The lowest BCUT2D eigenvalue weighted by Crippen LogP contribution is -2.15. The lowest BCUT2D eigenvalue weighted by Gasteiger charge is -2.13. The van der Waals surface area contributed by atoms with Crippen LogP contribution in [0.1, 0.15) is 55.2 Å². The van der Waals surface area contributed by atoms with Crippen molar-refractivity contribution in [2.75, 3.05) is 7.05 Å². The summed E-state index contributed by atoms with van der Waals surface area (Å²) >= 11 is 0. The molecule has 2 aromatic rings. The summed E-state index contributed by atoms with van der Waals surface area (Å²) in [5.41, 5.74) is 5.52. The Morgan fingerprint density at radius 1 is 1.29 bits per heavy atom. The van der Waals surface area contributed by atoms with Crippen molar-refractivity contribution in [2.45, 2.75) is 53.5 Å². The highest BCUT2D eigenvalue weighted by Crippen LogP contribution is 2.21. The number of nitrogens with one attached hydrogen (secondary N) is 1. The lowest BCUT2D eigenvalue weighted by atomic mass is 10.1. The van der Waals surface area contributed by atoms with Gasteiger partial charge in [-0.3, -0.25) is 0 Å². The van der Waals surface area contributed by atoms with E-state index in [9.17, 15) is 0 Å². The summed E-state index contributed by atoms with van der Waals surface area (Å²) < 4.78 is 1.98. The summed E-state index contributed by atoms with van der Waals surface area (Å²) in [4.78, 5) is 9.21. The minimum absolute atomic E-state index is 0.321. The van der Waals surface area contributed by atoms with Gasteiger partial charge in [-0.2, -0.15) is 5.10 Å². The van der Waals surface area contributed by atoms with E-state index in [1.54, 1.807) is 0 Å². The molecule has 0 atom stereocenters. The van der Waals surface area contributed by atoms with Gasteiger partial charge in [-0.25, -0.2) is 14.6 Å². The molecule has 0 amide bonds. The van der Waals surface area contributed by atoms with Crippen molar-refractivity contribution in [3.8, 4) is 5.69 Å². The standard InChI is InChI=1S/C16H25N5/c1-7-13-11(4)20-21(12(13)5)15-9-18-16(10(2)3)19-14(15)8-17-6/h9-10,17H,7-8H2,1-6H3. The summed E-state index contributed by atoms with van der Waals surface area (Å²) in [5, 5.41) is 7.86. The fourth-order valence-corrected chi connectivity index (χ4v) is 2.60. The van der Waals surface area contributed by atoms with Crippen LogP contribution in [0.25, 0.3) is 5.69 Å². The molecule has 0 saturated carbocycles. The highest BCUT2D eigenvalue weighted by Gasteiger charge is 2.16. The Balaban J connectivity index is 2.57. The Morgan fingerprint density at radius 3 is 2.52 bits per heavy atom. The summed E-state index contributed by atoms with van der Waals surface area (Å²) in [7, 11) is 1.93. The predicted octanol–water partition coefficient (Wildman–Crippen LogP) is 2.68. The maximum absolute atomic E-state index is 4.71. The molecule has 0 aromatic carbocycles. The Bertz CT molecular complexity index is 628. The number of aryl methyl sites for hydroxylation is 1. The monoisotopic (exact) mass is 287 g/mol. The van der Waals surface area contributed by atoms with Gasteiger partial charge in [0.25, 0.3) is 0 Å². The predicted molar refractivity (Wildman–Crippen MR) is 84.9 cm³/mol. The van der Waals surface area contributed by atoms with Crippen LogP contribution >= 0.6 is 0 Å². The molecule has 0 unspecified atom stereocenters. The average Bonchev–Trinajstić information content (AvgIpc) is 2.73. The van der Waals surface area contributed by atoms with Crippen LogP contribution < -0.4 is 5.32 Å². The third-order valence-corrected chi connectivity index (χ3v) is 3.75. The normalized spacial score (nSPS) is 11.4. The lowest BCUT2D eigenvalue weighted by molar-refractivity contribution is 0.702. The van der Waals surface area contributed by atoms with Crippen molar-refractivity contribution in [3.05, 3.63) is 34.7 Å². The number of hydrogen-bond donors (Lipinski definition) is 1. The molecule has 1 N–H and O–H groups in total. The molecule has 0 bridgehead atoms. The van der Waals surface area contributed by atoms with E-state index in [1.165, 1.54) is 11.3 Å². The van der Waals surface area contributed by atoms with Crippen LogP contribution in [-0.2, 0) is 13.0 Å². The summed E-state index contributed by atoms with van der Waals surface area (Å²) in [6, 6.07) is 0. The summed E-state index contributed by atoms with van der Waals surface area (Å²) in [6.45, 7) is 11.3. The quantitative estimate of drug-likeness (QED) is 0.918.